The van der Waals surface area contributed by atoms with Gasteiger partial charge in [-0.2, -0.15) is 13.2 Å². The molecule has 4 aromatic rings. The molecule has 3 heterocycles. The van der Waals surface area contributed by atoms with E-state index in [0.717, 1.165) is 41.8 Å². The zero-order valence-corrected chi connectivity index (χ0v) is 22.8. The van der Waals surface area contributed by atoms with Crippen LogP contribution in [0.2, 0.25) is 0 Å². The number of halogens is 3. The molecule has 0 radical (unpaired) electrons. The summed E-state index contributed by atoms with van der Waals surface area (Å²) in [6.07, 6.45) is 1.09. The third kappa shape index (κ3) is 6.88. The summed E-state index contributed by atoms with van der Waals surface area (Å²) in [6.45, 7) is 8.02. The van der Waals surface area contributed by atoms with Crippen LogP contribution in [-0.2, 0) is 12.7 Å². The van der Waals surface area contributed by atoms with E-state index in [1.54, 1.807) is 25.4 Å². The third-order valence-corrected chi connectivity index (χ3v) is 7.37. The van der Waals surface area contributed by atoms with Gasteiger partial charge in [0.2, 0.25) is 0 Å². The van der Waals surface area contributed by atoms with E-state index in [1.165, 1.54) is 6.20 Å². The highest BCUT2D eigenvalue weighted by atomic mass is 32.1. The van der Waals surface area contributed by atoms with E-state index in [0.29, 0.717) is 23.6 Å². The standard InChI is InChI=1S/C29H30F3N5OS/c1-4-15-37(5-2)18-23-12-8-14-34-24(23)28-36-26(29(30,31)32)25(39-28)27(38)35-19(3)20-9-6-10-21(16-20)22-11-7-13-33-17-22/h6-14,16-17,19H,4-5,15,18H2,1-3H3,(H,35,38). The van der Waals surface area contributed by atoms with Gasteiger partial charge in [0.05, 0.1) is 6.04 Å². The van der Waals surface area contributed by atoms with Crippen LogP contribution in [0.4, 0.5) is 13.2 Å². The number of amides is 1. The highest BCUT2D eigenvalue weighted by molar-refractivity contribution is 7.17. The van der Waals surface area contributed by atoms with Gasteiger partial charge in [0, 0.05) is 25.1 Å². The summed E-state index contributed by atoms with van der Waals surface area (Å²) in [7, 11) is 0. The second-order valence-corrected chi connectivity index (χ2v) is 10.1. The Balaban J connectivity index is 1.63. The number of carbonyl (C=O) groups is 1. The lowest BCUT2D eigenvalue weighted by molar-refractivity contribution is -0.141. The highest BCUT2D eigenvalue weighted by Crippen LogP contribution is 2.38. The highest BCUT2D eigenvalue weighted by Gasteiger charge is 2.40. The Labute approximate surface area is 230 Å². The Bertz CT molecular complexity index is 1410. The van der Waals surface area contributed by atoms with Gasteiger partial charge in [0.15, 0.2) is 5.69 Å². The molecule has 1 unspecified atom stereocenters. The molecule has 0 aliphatic carbocycles. The number of thiazole rings is 1. The van der Waals surface area contributed by atoms with Crippen LogP contribution in [0.1, 0.15) is 59.7 Å². The summed E-state index contributed by atoms with van der Waals surface area (Å²) in [5.41, 5.74) is 2.47. The second kappa shape index (κ2) is 12.5. The average Bonchev–Trinajstić information content (AvgIpc) is 3.40. The van der Waals surface area contributed by atoms with E-state index in [9.17, 15) is 18.0 Å². The lowest BCUT2D eigenvalue weighted by Gasteiger charge is -2.20. The van der Waals surface area contributed by atoms with Crippen LogP contribution in [0, 0.1) is 0 Å². The fourth-order valence-electron chi connectivity index (χ4n) is 4.30. The molecule has 0 aliphatic rings. The maximum atomic E-state index is 14.0. The molecular formula is C29H30F3N5OS. The molecule has 10 heteroatoms. The van der Waals surface area contributed by atoms with Gasteiger partial charge in [-0.05, 0) is 66.9 Å². The monoisotopic (exact) mass is 553 g/mol. The predicted octanol–water partition coefficient (Wildman–Crippen LogP) is 7.01. The molecule has 0 fully saturated rings. The topological polar surface area (TPSA) is 71.0 Å². The maximum absolute atomic E-state index is 14.0. The molecule has 3 aromatic heterocycles. The van der Waals surface area contributed by atoms with E-state index in [4.69, 9.17) is 0 Å². The van der Waals surface area contributed by atoms with E-state index < -0.39 is 28.7 Å². The Kier molecular flexibility index (Phi) is 9.08. The number of alkyl halides is 3. The molecule has 204 valence electrons. The van der Waals surface area contributed by atoms with E-state index in [1.807, 2.05) is 49.4 Å². The lowest BCUT2D eigenvalue weighted by atomic mass is 10.0. The van der Waals surface area contributed by atoms with Crippen LogP contribution in [0.25, 0.3) is 21.8 Å². The number of nitrogens with one attached hydrogen (secondary N) is 1. The van der Waals surface area contributed by atoms with Gasteiger partial charge >= 0.3 is 6.18 Å². The fourth-order valence-corrected chi connectivity index (χ4v) is 5.32. The van der Waals surface area contributed by atoms with Crippen molar-refractivity contribution in [2.24, 2.45) is 0 Å². The minimum Gasteiger partial charge on any atom is -0.345 e. The van der Waals surface area contributed by atoms with Gasteiger partial charge in [0.25, 0.3) is 5.91 Å². The van der Waals surface area contributed by atoms with Crippen molar-refractivity contribution in [1.82, 2.24) is 25.2 Å². The maximum Gasteiger partial charge on any atom is 0.435 e. The van der Waals surface area contributed by atoms with Crippen molar-refractivity contribution in [3.8, 4) is 21.8 Å². The van der Waals surface area contributed by atoms with Crippen molar-refractivity contribution in [2.75, 3.05) is 13.1 Å². The van der Waals surface area contributed by atoms with Crippen molar-refractivity contribution in [1.29, 1.82) is 0 Å². The number of carbonyl (C=O) groups excluding carboxylic acids is 1. The minimum atomic E-state index is -4.79. The summed E-state index contributed by atoms with van der Waals surface area (Å²) in [6, 6.07) is 14.3. The molecule has 1 aromatic carbocycles. The number of pyridine rings is 2. The van der Waals surface area contributed by atoms with Gasteiger partial charge in [-0.25, -0.2) is 4.98 Å². The van der Waals surface area contributed by atoms with Crippen molar-refractivity contribution in [2.45, 2.75) is 46.0 Å². The minimum absolute atomic E-state index is 0.0712. The Morgan fingerprint density at radius 1 is 1.08 bits per heavy atom. The van der Waals surface area contributed by atoms with Gasteiger partial charge in [-0.15, -0.1) is 11.3 Å². The van der Waals surface area contributed by atoms with Crippen LogP contribution in [-0.4, -0.2) is 38.8 Å². The molecule has 0 spiro atoms. The Morgan fingerprint density at radius 3 is 2.54 bits per heavy atom. The Hall–Kier alpha value is -3.63. The molecule has 0 saturated carbocycles. The van der Waals surface area contributed by atoms with Crippen LogP contribution < -0.4 is 5.32 Å². The summed E-state index contributed by atoms with van der Waals surface area (Å²) >= 11 is 0.715. The summed E-state index contributed by atoms with van der Waals surface area (Å²) in [5, 5.41) is 2.80. The molecule has 39 heavy (non-hydrogen) atoms. The van der Waals surface area contributed by atoms with Crippen LogP contribution in [0.5, 0.6) is 0 Å². The average molecular weight is 554 g/mol. The third-order valence-electron chi connectivity index (χ3n) is 6.31. The first-order chi connectivity index (χ1) is 18.7. The molecule has 1 N–H and O–H groups in total. The SMILES string of the molecule is CCCN(CC)Cc1cccnc1-c1nc(C(F)(F)F)c(C(=O)NC(C)c2cccc(-c3cccnc3)c2)s1. The van der Waals surface area contributed by atoms with E-state index in [2.05, 4.69) is 32.1 Å². The molecule has 1 amide bonds. The van der Waals surface area contributed by atoms with Gasteiger partial charge < -0.3 is 5.32 Å². The number of rotatable bonds is 10. The van der Waals surface area contributed by atoms with Gasteiger partial charge in [-0.3, -0.25) is 19.7 Å². The van der Waals surface area contributed by atoms with Crippen LogP contribution >= 0.6 is 11.3 Å². The van der Waals surface area contributed by atoms with Crippen LogP contribution in [0.15, 0.2) is 67.1 Å². The number of hydrogen-bond acceptors (Lipinski definition) is 6. The predicted molar refractivity (Wildman–Crippen MR) is 147 cm³/mol. The first-order valence-electron chi connectivity index (χ1n) is 12.8. The van der Waals surface area contributed by atoms with E-state index in [-0.39, 0.29) is 5.01 Å². The molecule has 0 aliphatic heterocycles. The quantitative estimate of drug-likeness (QED) is 0.229. The number of hydrogen-bond donors (Lipinski definition) is 1. The van der Waals surface area contributed by atoms with Crippen LogP contribution in [0.3, 0.4) is 0 Å². The van der Waals surface area contributed by atoms with Crippen molar-refractivity contribution in [3.05, 3.63) is 88.8 Å². The molecule has 6 nitrogen and oxygen atoms in total. The summed E-state index contributed by atoms with van der Waals surface area (Å²) in [4.78, 5) is 27.3. The van der Waals surface area contributed by atoms with Gasteiger partial charge in [0.1, 0.15) is 15.6 Å². The normalized spacial score (nSPS) is 12.5. The number of benzene rings is 1. The summed E-state index contributed by atoms with van der Waals surface area (Å²) in [5.74, 6) is -0.830. The first-order valence-corrected chi connectivity index (χ1v) is 13.6. The second-order valence-electron chi connectivity index (χ2n) is 9.14. The zero-order valence-electron chi connectivity index (χ0n) is 22.0. The Morgan fingerprint density at radius 2 is 1.85 bits per heavy atom. The van der Waals surface area contributed by atoms with Crippen molar-refractivity contribution >= 4 is 17.2 Å². The smallest absolute Gasteiger partial charge is 0.345 e. The van der Waals surface area contributed by atoms with Crippen molar-refractivity contribution in [3.63, 3.8) is 0 Å². The molecule has 0 bridgehead atoms. The molecule has 1 atom stereocenters. The zero-order chi connectivity index (χ0) is 28.0. The van der Waals surface area contributed by atoms with Gasteiger partial charge in [-0.1, -0.05) is 44.2 Å². The number of aromatic nitrogens is 3. The first kappa shape index (κ1) is 28.4. The lowest BCUT2D eigenvalue weighted by Crippen LogP contribution is -2.28. The largest absolute Gasteiger partial charge is 0.435 e. The van der Waals surface area contributed by atoms with Crippen molar-refractivity contribution < 1.29 is 18.0 Å². The molecule has 4 rings (SSSR count). The fraction of sp³-hybridized carbons (Fsp3) is 0.310. The summed E-state index contributed by atoms with van der Waals surface area (Å²) < 4.78 is 42.1. The number of nitrogens with zero attached hydrogens (tertiary/aromatic N) is 4. The molecular weight excluding hydrogens is 523 g/mol. The van der Waals surface area contributed by atoms with E-state index >= 15 is 0 Å². The molecule has 0 saturated heterocycles.